The molecule has 3 rings (SSSR count). The van der Waals surface area contributed by atoms with Crippen LogP contribution < -0.4 is 10.6 Å². The predicted octanol–water partition coefficient (Wildman–Crippen LogP) is 0.655. The average Bonchev–Trinajstić information content (AvgIpc) is 3.05. The van der Waals surface area contributed by atoms with E-state index in [2.05, 4.69) is 15.2 Å². The number of nitrogen functional groups attached to an aromatic ring is 1. The van der Waals surface area contributed by atoms with Crippen LogP contribution in [0.4, 0.5) is 11.4 Å². The molecule has 0 saturated carbocycles. The second-order valence-corrected chi connectivity index (χ2v) is 4.59. The number of hydrogen-bond donors (Lipinski definition) is 1. The molecule has 0 spiro atoms. The van der Waals surface area contributed by atoms with Gasteiger partial charge in [0.05, 0.1) is 11.4 Å². The molecule has 1 aliphatic rings. The number of anilines is 2. The van der Waals surface area contributed by atoms with Gasteiger partial charge in [0.1, 0.15) is 12.2 Å². The maximum absolute atomic E-state index is 5.84. The summed E-state index contributed by atoms with van der Waals surface area (Å²) < 4.78 is 15.6. The van der Waals surface area contributed by atoms with E-state index >= 15 is 0 Å². The van der Waals surface area contributed by atoms with Crippen molar-refractivity contribution in [1.82, 2.24) is 10.3 Å². The molecule has 0 amide bonds. The van der Waals surface area contributed by atoms with Gasteiger partial charge in [-0.1, -0.05) is 0 Å². The zero-order chi connectivity index (χ0) is 13.4. The van der Waals surface area contributed by atoms with E-state index in [1.807, 2.05) is 12.1 Å². The number of nitrogens with zero attached hydrogens (tertiary/aromatic N) is 3. The summed E-state index contributed by atoms with van der Waals surface area (Å²) in [5, 5.41) is 7.76. The molecule has 1 aliphatic heterocycles. The molecule has 2 N–H and O–H groups in total. The molecule has 2 atom stereocenters. The number of ether oxygens (including phenoxy) is 2. The second-order valence-electron chi connectivity index (χ2n) is 4.59. The lowest BCUT2D eigenvalue weighted by Crippen LogP contribution is -2.27. The summed E-state index contributed by atoms with van der Waals surface area (Å²) in [6.45, 7) is 1.47. The Bertz CT molecular complexity index is 573. The third-order valence-corrected chi connectivity index (χ3v) is 3.59. The van der Waals surface area contributed by atoms with E-state index < -0.39 is 0 Å². The van der Waals surface area contributed by atoms with Gasteiger partial charge in [0.2, 0.25) is 0 Å². The number of rotatable bonds is 3. The molecule has 1 aromatic heterocycles. The van der Waals surface area contributed by atoms with Gasteiger partial charge in [-0.15, -0.1) is 0 Å². The van der Waals surface area contributed by atoms with Gasteiger partial charge in [-0.05, 0) is 22.4 Å². The van der Waals surface area contributed by atoms with Gasteiger partial charge in [-0.3, -0.25) is 0 Å². The lowest BCUT2D eigenvalue weighted by molar-refractivity contribution is -0.00461. The quantitative estimate of drug-likeness (QED) is 0.814. The highest BCUT2D eigenvalue weighted by molar-refractivity contribution is 5.95. The van der Waals surface area contributed by atoms with Crippen molar-refractivity contribution in [2.24, 2.45) is 0 Å². The molecule has 7 nitrogen and oxygen atoms in total. The highest BCUT2D eigenvalue weighted by Crippen LogP contribution is 2.31. The Morgan fingerprint density at radius 2 is 1.79 bits per heavy atom. The van der Waals surface area contributed by atoms with Gasteiger partial charge in [-0.25, -0.2) is 4.63 Å². The molecule has 0 radical (unpaired) electrons. The van der Waals surface area contributed by atoms with E-state index in [1.54, 1.807) is 14.2 Å². The number of nitrogens with two attached hydrogens (primary N) is 1. The van der Waals surface area contributed by atoms with Crippen LogP contribution in [0, 0.1) is 0 Å². The van der Waals surface area contributed by atoms with Crippen molar-refractivity contribution in [3.8, 4) is 0 Å². The van der Waals surface area contributed by atoms with E-state index in [-0.39, 0.29) is 12.2 Å². The molecular weight excluding hydrogens is 248 g/mol. The Hall–Kier alpha value is -1.86. The molecule has 19 heavy (non-hydrogen) atoms. The van der Waals surface area contributed by atoms with Crippen LogP contribution in [0.2, 0.25) is 0 Å². The largest absolute Gasteiger partial charge is 0.397 e. The standard InChI is InChI=1S/C12H16N4O3/c1-17-9-5-16(6-10(9)18-2)8-4-3-7(13)11-12(8)15-19-14-11/h3-4,9-10H,5-6,13H2,1-2H3. The molecule has 1 saturated heterocycles. The van der Waals surface area contributed by atoms with Crippen molar-refractivity contribution in [3.05, 3.63) is 12.1 Å². The lowest BCUT2D eigenvalue weighted by Gasteiger charge is -2.18. The second kappa shape index (κ2) is 4.67. The Labute approximate surface area is 110 Å². The molecule has 2 unspecified atom stereocenters. The van der Waals surface area contributed by atoms with Crippen LogP contribution in [-0.2, 0) is 9.47 Å². The van der Waals surface area contributed by atoms with Crippen molar-refractivity contribution in [3.63, 3.8) is 0 Å². The first kappa shape index (κ1) is 12.2. The van der Waals surface area contributed by atoms with Gasteiger partial charge in [0, 0.05) is 27.3 Å². The van der Waals surface area contributed by atoms with Crippen molar-refractivity contribution < 1.29 is 14.1 Å². The fraction of sp³-hybridized carbons (Fsp3) is 0.500. The Morgan fingerprint density at radius 1 is 1.16 bits per heavy atom. The fourth-order valence-corrected chi connectivity index (χ4v) is 2.52. The number of aromatic nitrogens is 2. The van der Waals surface area contributed by atoms with Crippen molar-refractivity contribution >= 4 is 22.4 Å². The summed E-state index contributed by atoms with van der Waals surface area (Å²) in [4.78, 5) is 2.15. The summed E-state index contributed by atoms with van der Waals surface area (Å²) in [5.41, 5.74) is 8.61. The minimum absolute atomic E-state index is 0.0393. The maximum atomic E-state index is 5.84. The van der Waals surface area contributed by atoms with Gasteiger partial charge < -0.3 is 20.1 Å². The first-order valence-electron chi connectivity index (χ1n) is 6.06. The molecule has 102 valence electrons. The van der Waals surface area contributed by atoms with Crippen molar-refractivity contribution in [2.45, 2.75) is 12.2 Å². The number of hydrogen-bond acceptors (Lipinski definition) is 7. The molecule has 1 aromatic carbocycles. The zero-order valence-corrected chi connectivity index (χ0v) is 10.9. The third-order valence-electron chi connectivity index (χ3n) is 3.59. The topological polar surface area (TPSA) is 86.6 Å². The Balaban J connectivity index is 1.97. The van der Waals surface area contributed by atoms with Crippen molar-refractivity contribution in [2.75, 3.05) is 37.9 Å². The van der Waals surface area contributed by atoms with E-state index in [0.29, 0.717) is 16.7 Å². The van der Waals surface area contributed by atoms with Crippen LogP contribution in [0.5, 0.6) is 0 Å². The molecule has 1 fully saturated rings. The minimum atomic E-state index is 0.0393. The first-order valence-corrected chi connectivity index (χ1v) is 6.06. The lowest BCUT2D eigenvalue weighted by atomic mass is 10.2. The van der Waals surface area contributed by atoms with Crippen LogP contribution in [0.1, 0.15) is 0 Å². The molecule has 2 heterocycles. The van der Waals surface area contributed by atoms with Gasteiger partial charge in [0.25, 0.3) is 0 Å². The van der Waals surface area contributed by atoms with Gasteiger partial charge >= 0.3 is 0 Å². The van der Waals surface area contributed by atoms with Crippen LogP contribution >= 0.6 is 0 Å². The average molecular weight is 264 g/mol. The number of methoxy groups -OCH3 is 2. The van der Waals surface area contributed by atoms with Gasteiger partial charge in [-0.2, -0.15) is 0 Å². The molecule has 7 heteroatoms. The summed E-state index contributed by atoms with van der Waals surface area (Å²) in [7, 11) is 3.38. The van der Waals surface area contributed by atoms with Gasteiger partial charge in [0.15, 0.2) is 11.0 Å². The summed E-state index contributed by atoms with van der Waals surface area (Å²) >= 11 is 0. The van der Waals surface area contributed by atoms with E-state index in [9.17, 15) is 0 Å². The first-order chi connectivity index (χ1) is 9.24. The Morgan fingerprint density at radius 3 is 2.42 bits per heavy atom. The smallest absolute Gasteiger partial charge is 0.160 e. The monoisotopic (exact) mass is 264 g/mol. The van der Waals surface area contributed by atoms with E-state index in [0.717, 1.165) is 18.8 Å². The fourth-order valence-electron chi connectivity index (χ4n) is 2.52. The predicted molar refractivity (Wildman–Crippen MR) is 70.0 cm³/mol. The van der Waals surface area contributed by atoms with E-state index in [1.165, 1.54) is 0 Å². The number of benzene rings is 1. The van der Waals surface area contributed by atoms with E-state index in [4.69, 9.17) is 19.8 Å². The molecule has 0 aliphatic carbocycles. The summed E-state index contributed by atoms with van der Waals surface area (Å²) in [5.74, 6) is 0. The number of fused-ring (bicyclic) bond motifs is 1. The molecule has 2 aromatic rings. The minimum Gasteiger partial charge on any atom is -0.397 e. The summed E-state index contributed by atoms with van der Waals surface area (Å²) in [6.07, 6.45) is 0.0786. The molecular formula is C12H16N4O3. The highest BCUT2D eigenvalue weighted by atomic mass is 16.6. The third kappa shape index (κ3) is 1.91. The van der Waals surface area contributed by atoms with Crippen LogP contribution in [0.3, 0.4) is 0 Å². The maximum Gasteiger partial charge on any atom is 0.160 e. The molecule has 0 bridgehead atoms. The zero-order valence-electron chi connectivity index (χ0n) is 10.9. The summed E-state index contributed by atoms with van der Waals surface area (Å²) in [6, 6.07) is 3.73. The van der Waals surface area contributed by atoms with Crippen LogP contribution in [0.15, 0.2) is 16.8 Å². The SMILES string of the molecule is COC1CN(c2ccc(N)c3nonc23)CC1OC. The van der Waals surface area contributed by atoms with Crippen LogP contribution in [0.25, 0.3) is 11.0 Å². The Kier molecular flexibility index (Phi) is 3.00. The van der Waals surface area contributed by atoms with Crippen LogP contribution in [-0.4, -0.2) is 49.8 Å². The normalized spacial score (nSPS) is 23.4. The van der Waals surface area contributed by atoms with Crippen molar-refractivity contribution in [1.29, 1.82) is 0 Å². The highest BCUT2D eigenvalue weighted by Gasteiger charge is 2.34.